The van der Waals surface area contributed by atoms with E-state index in [-0.39, 0.29) is 0 Å². The molecule has 0 aliphatic carbocycles. The third kappa shape index (κ3) is 4.77. The highest BCUT2D eigenvalue weighted by Crippen LogP contribution is 2.14. The smallest absolute Gasteiger partial charge is 0.412 e. The summed E-state index contributed by atoms with van der Waals surface area (Å²) >= 11 is 0. The molecule has 0 aromatic heterocycles. The number of carbonyl (C=O) groups is 1. The Morgan fingerprint density at radius 3 is 2.22 bits per heavy atom. The second kappa shape index (κ2) is 4.99. The van der Waals surface area contributed by atoms with E-state index in [1.54, 1.807) is 45.0 Å². The van der Waals surface area contributed by atoms with Gasteiger partial charge in [0.1, 0.15) is 5.60 Å². The fourth-order valence-electron chi connectivity index (χ4n) is 1.19. The Morgan fingerprint density at radius 1 is 1.33 bits per heavy atom. The van der Waals surface area contributed by atoms with Gasteiger partial charge in [-0.3, -0.25) is 10.5 Å². The largest absolute Gasteiger partial charge is 0.444 e. The fraction of sp³-hybridized carbons (Fsp3) is 0.333. The molecule has 0 spiro atoms. The van der Waals surface area contributed by atoms with Crippen molar-refractivity contribution in [2.24, 2.45) is 5.14 Å². The van der Waals surface area contributed by atoms with Gasteiger partial charge >= 0.3 is 6.09 Å². The molecule has 18 heavy (non-hydrogen) atoms. The third-order valence-corrected chi connectivity index (χ3v) is 2.97. The average molecular weight is 270 g/mol. The summed E-state index contributed by atoms with van der Waals surface area (Å²) in [6, 6.07) is 6.30. The van der Waals surface area contributed by atoms with E-state index in [0.717, 1.165) is 0 Å². The van der Waals surface area contributed by atoms with Gasteiger partial charge < -0.3 is 4.74 Å². The molecule has 0 fully saturated rings. The number of carbonyl (C=O) groups excluding carboxylic acids is 1. The van der Waals surface area contributed by atoms with Crippen LogP contribution in [0.15, 0.2) is 29.2 Å². The van der Waals surface area contributed by atoms with E-state index in [2.05, 4.69) is 11.2 Å². The van der Waals surface area contributed by atoms with Gasteiger partial charge in [-0.25, -0.2) is 9.00 Å². The lowest BCUT2D eigenvalue weighted by Crippen LogP contribution is -2.27. The van der Waals surface area contributed by atoms with Crippen LogP contribution in [0.25, 0.3) is 0 Å². The number of anilines is 1. The highest BCUT2D eigenvalue weighted by Gasteiger charge is 2.16. The summed E-state index contributed by atoms with van der Waals surface area (Å²) in [7, 11) is -2.72. The number of rotatable bonds is 2. The number of benzene rings is 1. The maximum absolute atomic E-state index is 11.5. The predicted molar refractivity (Wildman–Crippen MR) is 74.0 cm³/mol. The summed E-state index contributed by atoms with van der Waals surface area (Å²) in [5.74, 6) is 3.37. The molecule has 1 amide bonds. The second-order valence-electron chi connectivity index (χ2n) is 4.88. The first-order chi connectivity index (χ1) is 8.08. The van der Waals surface area contributed by atoms with Gasteiger partial charge in [-0.15, -0.1) is 0 Å². The van der Waals surface area contributed by atoms with Crippen molar-refractivity contribution >= 4 is 27.4 Å². The van der Waals surface area contributed by atoms with Crippen molar-refractivity contribution in [1.82, 2.24) is 0 Å². The zero-order valence-corrected chi connectivity index (χ0v) is 11.5. The number of nitrogens with one attached hydrogen (secondary N) is 1. The predicted octanol–water partition coefficient (Wildman–Crippen LogP) is 1.98. The zero-order valence-electron chi connectivity index (χ0n) is 10.7. The molecule has 6 heteroatoms. The SMILES string of the molecule is C=S(N)(=O)c1ccc(NC(=O)OC(C)(C)C)cc1. The third-order valence-electron chi connectivity index (χ3n) is 1.90. The summed E-state index contributed by atoms with van der Waals surface area (Å²) in [5.41, 5.74) is -0.0141. The Hall–Kier alpha value is -1.53. The molecule has 0 heterocycles. The van der Waals surface area contributed by atoms with E-state index in [1.807, 2.05) is 0 Å². The van der Waals surface area contributed by atoms with Crippen LogP contribution in [0, 0.1) is 0 Å². The Bertz CT molecular complexity index is 527. The molecule has 1 aromatic carbocycles. The summed E-state index contributed by atoms with van der Waals surface area (Å²) in [4.78, 5) is 11.9. The van der Waals surface area contributed by atoms with Crippen LogP contribution in [-0.4, -0.2) is 21.8 Å². The number of nitrogens with two attached hydrogens (primary N) is 1. The van der Waals surface area contributed by atoms with E-state index < -0.39 is 21.4 Å². The number of ether oxygens (including phenoxy) is 1. The summed E-state index contributed by atoms with van der Waals surface area (Å²) in [6.07, 6.45) is -0.543. The molecule has 0 saturated heterocycles. The van der Waals surface area contributed by atoms with Gasteiger partial charge in [0.05, 0.1) is 9.71 Å². The molecular weight excluding hydrogens is 252 g/mol. The van der Waals surface area contributed by atoms with Crippen LogP contribution in [0.3, 0.4) is 0 Å². The van der Waals surface area contributed by atoms with Crippen molar-refractivity contribution in [3.8, 4) is 0 Å². The van der Waals surface area contributed by atoms with E-state index in [9.17, 15) is 9.00 Å². The summed E-state index contributed by atoms with van der Waals surface area (Å²) < 4.78 is 16.6. The van der Waals surface area contributed by atoms with Crippen molar-refractivity contribution in [3.63, 3.8) is 0 Å². The highest BCUT2D eigenvalue weighted by atomic mass is 32.2. The Morgan fingerprint density at radius 2 is 1.83 bits per heavy atom. The van der Waals surface area contributed by atoms with Gasteiger partial charge in [0, 0.05) is 10.6 Å². The molecule has 1 aromatic rings. The van der Waals surface area contributed by atoms with Crippen LogP contribution >= 0.6 is 0 Å². The minimum absolute atomic E-state index is 0.428. The van der Waals surface area contributed by atoms with Gasteiger partial charge in [0.2, 0.25) is 0 Å². The lowest BCUT2D eigenvalue weighted by atomic mass is 10.2. The maximum Gasteiger partial charge on any atom is 0.412 e. The first-order valence-corrected chi connectivity index (χ1v) is 7.12. The van der Waals surface area contributed by atoms with Crippen molar-refractivity contribution in [3.05, 3.63) is 24.3 Å². The van der Waals surface area contributed by atoms with Crippen LogP contribution in [-0.2, 0) is 14.4 Å². The number of hydrogen-bond acceptors (Lipinski definition) is 3. The molecule has 0 bridgehead atoms. The Labute approximate surface area is 107 Å². The quantitative estimate of drug-likeness (QED) is 0.806. The van der Waals surface area contributed by atoms with Gasteiger partial charge in [0.25, 0.3) is 0 Å². The van der Waals surface area contributed by atoms with Crippen LogP contribution in [0.5, 0.6) is 0 Å². The van der Waals surface area contributed by atoms with Gasteiger partial charge in [-0.1, -0.05) is 0 Å². The normalized spacial score (nSPS) is 14.7. The van der Waals surface area contributed by atoms with E-state index >= 15 is 0 Å². The second-order valence-corrected chi connectivity index (χ2v) is 6.80. The maximum atomic E-state index is 11.5. The van der Waals surface area contributed by atoms with Gasteiger partial charge in [-0.2, -0.15) is 0 Å². The Kier molecular flexibility index (Phi) is 4.03. The van der Waals surface area contributed by atoms with E-state index in [0.29, 0.717) is 10.6 Å². The molecule has 3 N–H and O–H groups in total. The monoisotopic (exact) mass is 270 g/mol. The zero-order chi connectivity index (χ0) is 14.0. The molecule has 0 aliphatic rings. The number of amides is 1. The van der Waals surface area contributed by atoms with E-state index in [4.69, 9.17) is 9.88 Å². The first kappa shape index (κ1) is 14.5. The molecule has 1 atom stereocenters. The summed E-state index contributed by atoms with van der Waals surface area (Å²) in [6.45, 7) is 5.34. The van der Waals surface area contributed by atoms with Crippen molar-refractivity contribution in [2.45, 2.75) is 31.3 Å². The van der Waals surface area contributed by atoms with Crippen LogP contribution < -0.4 is 10.5 Å². The lowest BCUT2D eigenvalue weighted by Gasteiger charge is -2.19. The molecular formula is C12H18N2O3S. The minimum atomic E-state index is -2.72. The van der Waals surface area contributed by atoms with Crippen LogP contribution in [0.4, 0.5) is 10.5 Å². The van der Waals surface area contributed by atoms with Crippen molar-refractivity contribution in [1.29, 1.82) is 0 Å². The first-order valence-electron chi connectivity index (χ1n) is 5.33. The lowest BCUT2D eigenvalue weighted by molar-refractivity contribution is 0.0636. The van der Waals surface area contributed by atoms with Crippen molar-refractivity contribution in [2.75, 3.05) is 5.32 Å². The Balaban J connectivity index is 2.73. The minimum Gasteiger partial charge on any atom is -0.444 e. The van der Waals surface area contributed by atoms with E-state index in [1.165, 1.54) is 0 Å². The standard InChI is InChI=1S/C12H18N2O3S/c1-12(2,3)17-11(15)14-9-5-7-10(8-6-9)18(4,13)16/h5-8H,4H2,1-3H3,(H2,13,16)(H,14,15). The average Bonchev–Trinajstić information content (AvgIpc) is 2.13. The molecule has 1 unspecified atom stereocenters. The fourth-order valence-corrected chi connectivity index (χ4v) is 1.79. The molecule has 0 radical (unpaired) electrons. The molecule has 0 saturated carbocycles. The molecule has 0 aliphatic heterocycles. The van der Waals surface area contributed by atoms with Gasteiger partial charge in [-0.05, 0) is 50.9 Å². The molecule has 1 rings (SSSR count). The summed E-state index contributed by atoms with van der Waals surface area (Å²) in [5, 5.41) is 7.96. The topological polar surface area (TPSA) is 81.4 Å². The molecule has 100 valence electrons. The van der Waals surface area contributed by atoms with Gasteiger partial charge in [0.15, 0.2) is 0 Å². The molecule has 5 nitrogen and oxygen atoms in total. The van der Waals surface area contributed by atoms with Crippen LogP contribution in [0.1, 0.15) is 20.8 Å². The van der Waals surface area contributed by atoms with Crippen LogP contribution in [0.2, 0.25) is 0 Å². The van der Waals surface area contributed by atoms with Crippen molar-refractivity contribution < 1.29 is 13.7 Å². The highest BCUT2D eigenvalue weighted by molar-refractivity contribution is 7.98. The number of hydrogen-bond donors (Lipinski definition) is 2.